The number of hydrogen-bond donors (Lipinski definition) is 1. The first-order chi connectivity index (χ1) is 8.62. The zero-order valence-electron chi connectivity index (χ0n) is 11.1. The lowest BCUT2D eigenvalue weighted by atomic mass is 10.1. The van der Waals surface area contributed by atoms with Crippen LogP contribution < -0.4 is 14.8 Å². The van der Waals surface area contributed by atoms with Crippen LogP contribution in [0.1, 0.15) is 24.2 Å². The summed E-state index contributed by atoms with van der Waals surface area (Å²) < 4.78 is 10.5. The molecule has 2 rings (SSSR count). The number of amides is 1. The van der Waals surface area contributed by atoms with Gasteiger partial charge in [-0.3, -0.25) is 4.79 Å². The molecule has 1 N–H and O–H groups in total. The van der Waals surface area contributed by atoms with Gasteiger partial charge in [-0.05, 0) is 19.9 Å². The first-order valence-corrected chi connectivity index (χ1v) is 5.95. The quantitative estimate of drug-likeness (QED) is 0.890. The minimum absolute atomic E-state index is 0.0136. The van der Waals surface area contributed by atoms with E-state index in [2.05, 4.69) is 5.32 Å². The van der Waals surface area contributed by atoms with E-state index in [1.807, 2.05) is 13.8 Å². The molecule has 0 radical (unpaired) electrons. The van der Waals surface area contributed by atoms with Gasteiger partial charge in [0.15, 0.2) is 11.5 Å². The van der Waals surface area contributed by atoms with Crippen LogP contribution in [-0.2, 0) is 0 Å². The number of rotatable bonds is 3. The molecule has 1 amide bonds. The Kier molecular flexibility index (Phi) is 3.32. The molecule has 1 heterocycles. The third-order valence-electron chi connectivity index (χ3n) is 3.19. The molecule has 18 heavy (non-hydrogen) atoms. The van der Waals surface area contributed by atoms with Crippen molar-refractivity contribution in [3.8, 4) is 11.5 Å². The summed E-state index contributed by atoms with van der Waals surface area (Å²) in [5.74, 6) is 1.20. The summed E-state index contributed by atoms with van der Waals surface area (Å²) in [6.07, 6.45) is -0.0203. The number of carbonyl (C=O) groups excluding carboxylic acids is 1. The Morgan fingerprint density at radius 3 is 2.44 bits per heavy atom. The van der Waals surface area contributed by atoms with Crippen LogP contribution in [0.3, 0.4) is 0 Å². The molecule has 0 bridgehead atoms. The van der Waals surface area contributed by atoms with Crippen LogP contribution in [0.4, 0.5) is 5.69 Å². The Labute approximate surface area is 107 Å². The molecule has 0 aliphatic carbocycles. The topological polar surface area (TPSA) is 50.8 Å². The van der Waals surface area contributed by atoms with E-state index in [-0.39, 0.29) is 12.1 Å². The van der Waals surface area contributed by atoms with E-state index >= 15 is 0 Å². The van der Waals surface area contributed by atoms with Gasteiger partial charge in [0.2, 0.25) is 0 Å². The molecule has 1 atom stereocenters. The van der Waals surface area contributed by atoms with Crippen LogP contribution in [0.5, 0.6) is 11.5 Å². The molecule has 0 aromatic heterocycles. The van der Waals surface area contributed by atoms with Crippen molar-refractivity contribution in [2.75, 3.05) is 26.1 Å². The molecule has 0 spiro atoms. The monoisotopic (exact) mass is 250 g/mol. The van der Waals surface area contributed by atoms with Gasteiger partial charge >= 0.3 is 0 Å². The smallest absolute Gasteiger partial charge is 0.257 e. The molecule has 0 fully saturated rings. The van der Waals surface area contributed by atoms with Crippen LogP contribution in [0.25, 0.3) is 0 Å². The van der Waals surface area contributed by atoms with Gasteiger partial charge < -0.3 is 19.7 Å². The fraction of sp³-hybridized carbons (Fsp3) is 0.462. The predicted octanol–water partition coefficient (Wildman–Crippen LogP) is 1.94. The van der Waals surface area contributed by atoms with E-state index in [0.717, 1.165) is 5.69 Å². The number of nitrogens with zero attached hydrogens (tertiary/aromatic N) is 1. The molecular formula is C13H18N2O3. The Bertz CT molecular complexity index is 474. The van der Waals surface area contributed by atoms with E-state index in [9.17, 15) is 4.79 Å². The lowest BCUT2D eigenvalue weighted by Gasteiger charge is -2.35. The molecule has 1 aromatic rings. The van der Waals surface area contributed by atoms with Gasteiger partial charge in [-0.15, -0.1) is 0 Å². The molecule has 5 heteroatoms. The van der Waals surface area contributed by atoms with E-state index in [1.165, 1.54) is 0 Å². The third kappa shape index (κ3) is 1.85. The largest absolute Gasteiger partial charge is 0.493 e. The highest BCUT2D eigenvalue weighted by Gasteiger charge is 2.29. The molecule has 1 aliphatic heterocycles. The number of hydrogen-bond acceptors (Lipinski definition) is 4. The maximum absolute atomic E-state index is 12.3. The van der Waals surface area contributed by atoms with Crippen molar-refractivity contribution >= 4 is 11.6 Å². The van der Waals surface area contributed by atoms with E-state index in [0.29, 0.717) is 23.6 Å². The molecule has 5 nitrogen and oxygen atoms in total. The van der Waals surface area contributed by atoms with Crippen LogP contribution in [0.2, 0.25) is 0 Å². The highest BCUT2D eigenvalue weighted by atomic mass is 16.5. The lowest BCUT2D eigenvalue weighted by molar-refractivity contribution is 0.0709. The lowest BCUT2D eigenvalue weighted by Crippen LogP contribution is -2.46. The van der Waals surface area contributed by atoms with Crippen LogP contribution in [0.15, 0.2) is 12.1 Å². The van der Waals surface area contributed by atoms with Gasteiger partial charge in [-0.2, -0.15) is 0 Å². The number of anilines is 1. The number of methoxy groups -OCH3 is 2. The summed E-state index contributed by atoms with van der Waals surface area (Å²) in [5.41, 5.74) is 1.41. The molecular weight excluding hydrogens is 232 g/mol. The fourth-order valence-corrected chi connectivity index (χ4v) is 2.23. The standard InChI is InChI=1S/C13H18N2O3/c1-5-15-8(2)14-10-7-12(18-4)11(17-3)6-9(10)13(15)16/h6-8,14H,5H2,1-4H3. The third-order valence-corrected chi connectivity index (χ3v) is 3.19. The van der Waals surface area contributed by atoms with Crippen molar-refractivity contribution in [2.24, 2.45) is 0 Å². The highest BCUT2D eigenvalue weighted by Crippen LogP contribution is 2.36. The molecule has 0 saturated heterocycles. The van der Waals surface area contributed by atoms with E-state index < -0.39 is 0 Å². The van der Waals surface area contributed by atoms with Gasteiger partial charge in [0.25, 0.3) is 5.91 Å². The number of fused-ring (bicyclic) bond motifs is 1. The summed E-state index contributed by atoms with van der Waals surface area (Å²) >= 11 is 0. The summed E-state index contributed by atoms with van der Waals surface area (Å²) in [7, 11) is 3.14. The maximum atomic E-state index is 12.3. The zero-order chi connectivity index (χ0) is 13.3. The second kappa shape index (κ2) is 4.76. The first kappa shape index (κ1) is 12.5. The minimum Gasteiger partial charge on any atom is -0.493 e. The van der Waals surface area contributed by atoms with Crippen molar-refractivity contribution in [1.82, 2.24) is 4.90 Å². The summed E-state index contributed by atoms with van der Waals surface area (Å²) in [5, 5.41) is 3.29. The number of nitrogens with one attached hydrogen (secondary N) is 1. The van der Waals surface area contributed by atoms with Crippen molar-refractivity contribution in [2.45, 2.75) is 20.0 Å². The van der Waals surface area contributed by atoms with E-state index in [4.69, 9.17) is 9.47 Å². The zero-order valence-corrected chi connectivity index (χ0v) is 11.1. The van der Waals surface area contributed by atoms with Gasteiger partial charge in [0, 0.05) is 12.6 Å². The number of benzene rings is 1. The average molecular weight is 250 g/mol. The molecule has 1 unspecified atom stereocenters. The van der Waals surface area contributed by atoms with Gasteiger partial charge in [-0.1, -0.05) is 0 Å². The second-order valence-corrected chi connectivity index (χ2v) is 4.16. The Balaban J connectivity index is 2.51. The SMILES string of the molecule is CCN1C(=O)c2cc(OC)c(OC)cc2NC1C. The van der Waals surface area contributed by atoms with Gasteiger partial charge in [0.05, 0.1) is 31.6 Å². The maximum Gasteiger partial charge on any atom is 0.257 e. The molecule has 98 valence electrons. The minimum atomic E-state index is -0.0203. The molecule has 1 aromatic carbocycles. The Hall–Kier alpha value is -1.91. The average Bonchev–Trinajstić information content (AvgIpc) is 2.37. The first-order valence-electron chi connectivity index (χ1n) is 5.95. The second-order valence-electron chi connectivity index (χ2n) is 4.16. The van der Waals surface area contributed by atoms with Crippen molar-refractivity contribution in [1.29, 1.82) is 0 Å². The van der Waals surface area contributed by atoms with Crippen molar-refractivity contribution in [3.63, 3.8) is 0 Å². The van der Waals surface area contributed by atoms with Gasteiger partial charge in [0.1, 0.15) is 0 Å². The van der Waals surface area contributed by atoms with E-state index in [1.54, 1.807) is 31.3 Å². The van der Waals surface area contributed by atoms with Gasteiger partial charge in [-0.25, -0.2) is 0 Å². The normalized spacial score (nSPS) is 18.1. The van der Waals surface area contributed by atoms with Crippen LogP contribution in [0, 0.1) is 0 Å². The van der Waals surface area contributed by atoms with Crippen LogP contribution >= 0.6 is 0 Å². The van der Waals surface area contributed by atoms with Crippen LogP contribution in [-0.4, -0.2) is 37.7 Å². The summed E-state index contributed by atoms with van der Waals surface area (Å²) in [6, 6.07) is 3.52. The highest BCUT2D eigenvalue weighted by molar-refractivity contribution is 6.02. The van der Waals surface area contributed by atoms with Crippen molar-refractivity contribution < 1.29 is 14.3 Å². The fourth-order valence-electron chi connectivity index (χ4n) is 2.23. The molecule has 1 aliphatic rings. The molecule has 0 saturated carbocycles. The predicted molar refractivity (Wildman–Crippen MR) is 69.3 cm³/mol. The number of ether oxygens (including phenoxy) is 2. The summed E-state index contributed by atoms with van der Waals surface area (Å²) in [6.45, 7) is 4.59. The summed E-state index contributed by atoms with van der Waals surface area (Å²) in [4.78, 5) is 14.1. The van der Waals surface area contributed by atoms with Crippen molar-refractivity contribution in [3.05, 3.63) is 17.7 Å². The Morgan fingerprint density at radius 2 is 1.89 bits per heavy atom. The Morgan fingerprint density at radius 1 is 1.28 bits per heavy atom. The number of carbonyl (C=O) groups is 1.